The molecule has 2 saturated carbocycles. The minimum Gasteiger partial charge on any atom is -0.340 e. The molecule has 3 aromatic carbocycles. The van der Waals surface area contributed by atoms with E-state index in [4.69, 9.17) is 0 Å². The Morgan fingerprint density at radius 2 is 1.42 bits per heavy atom. The van der Waals surface area contributed by atoms with E-state index in [1.165, 1.54) is 109 Å². The van der Waals surface area contributed by atoms with Crippen LogP contribution in [0.2, 0.25) is 0 Å². The van der Waals surface area contributed by atoms with Crippen molar-refractivity contribution in [1.29, 1.82) is 0 Å². The lowest BCUT2D eigenvalue weighted by Gasteiger charge is -2.47. The second-order valence-electron chi connectivity index (χ2n) is 15.1. The lowest BCUT2D eigenvalue weighted by Crippen LogP contribution is -2.67. The quantitative estimate of drug-likeness (QED) is 0.179. The van der Waals surface area contributed by atoms with Crippen molar-refractivity contribution in [2.45, 2.75) is 128 Å². The van der Waals surface area contributed by atoms with Gasteiger partial charge in [-0.3, -0.25) is 0 Å². The summed E-state index contributed by atoms with van der Waals surface area (Å²) in [6.07, 6.45) is 20.5. The Kier molecular flexibility index (Phi) is 7.04. The van der Waals surface area contributed by atoms with Gasteiger partial charge in [0.25, 0.3) is 5.82 Å². The first-order valence-corrected chi connectivity index (χ1v) is 18.2. The summed E-state index contributed by atoms with van der Waals surface area (Å²) in [5.74, 6) is 2.62. The Labute approximate surface area is 270 Å². The van der Waals surface area contributed by atoms with E-state index in [1.54, 1.807) is 11.1 Å². The molecule has 3 heterocycles. The fourth-order valence-corrected chi connectivity index (χ4v) is 10.2. The Morgan fingerprint density at radius 1 is 0.778 bits per heavy atom. The van der Waals surface area contributed by atoms with Gasteiger partial charge in [-0.05, 0) is 80.5 Å². The second-order valence-corrected chi connectivity index (χ2v) is 15.1. The normalized spacial score (nSPS) is 24.3. The first-order chi connectivity index (χ1) is 21.9. The topological polar surface area (TPSA) is 13.7 Å². The van der Waals surface area contributed by atoms with Crippen LogP contribution < -0.4 is 4.57 Å². The van der Waals surface area contributed by atoms with Crippen molar-refractivity contribution in [3.05, 3.63) is 83.7 Å². The van der Waals surface area contributed by atoms with Crippen LogP contribution in [0.1, 0.15) is 133 Å². The summed E-state index contributed by atoms with van der Waals surface area (Å²) < 4.78 is 7.88. The van der Waals surface area contributed by atoms with Gasteiger partial charge in [0, 0.05) is 34.3 Å². The summed E-state index contributed by atoms with van der Waals surface area (Å²) in [4.78, 5) is 0. The van der Waals surface area contributed by atoms with Crippen molar-refractivity contribution in [2.24, 2.45) is 7.05 Å². The van der Waals surface area contributed by atoms with Crippen molar-refractivity contribution in [3.8, 4) is 17.1 Å². The van der Waals surface area contributed by atoms with Crippen LogP contribution in [0, 0.1) is 0 Å². The summed E-state index contributed by atoms with van der Waals surface area (Å²) in [5, 5.41) is 2.95. The van der Waals surface area contributed by atoms with Crippen LogP contribution in [0.25, 0.3) is 38.9 Å². The number of para-hydroxylation sites is 1. The van der Waals surface area contributed by atoms with E-state index in [9.17, 15) is 0 Å². The van der Waals surface area contributed by atoms with E-state index in [0.717, 1.165) is 12.8 Å². The van der Waals surface area contributed by atoms with Gasteiger partial charge in [-0.1, -0.05) is 102 Å². The van der Waals surface area contributed by atoms with Gasteiger partial charge >= 0.3 is 0 Å². The minimum absolute atomic E-state index is 0.0260. The summed E-state index contributed by atoms with van der Waals surface area (Å²) >= 11 is 0. The molecule has 5 aromatic rings. The Hall–Kier alpha value is -3.33. The van der Waals surface area contributed by atoms with E-state index < -0.39 is 0 Å². The third-order valence-corrected chi connectivity index (χ3v) is 13.2. The number of nitrogens with zero attached hydrogens (tertiary/aromatic N) is 3. The molecule has 2 aliphatic carbocycles. The van der Waals surface area contributed by atoms with Crippen molar-refractivity contribution >= 4 is 21.8 Å². The molecule has 0 saturated heterocycles. The molecule has 3 aliphatic rings. The highest BCUT2D eigenvalue weighted by Gasteiger charge is 2.55. The average molecular weight is 599 g/mol. The monoisotopic (exact) mass is 598 g/mol. The molecule has 2 aromatic heterocycles. The number of hydrogen-bond donors (Lipinski definition) is 0. The number of rotatable bonds is 5. The maximum absolute atomic E-state index is 2.75. The van der Waals surface area contributed by atoms with Crippen LogP contribution in [0.5, 0.6) is 0 Å². The van der Waals surface area contributed by atoms with Crippen LogP contribution >= 0.6 is 0 Å². The molecular formula is C42H52N3+. The van der Waals surface area contributed by atoms with Gasteiger partial charge in [0.2, 0.25) is 0 Å². The predicted molar refractivity (Wildman–Crippen MR) is 189 cm³/mol. The fourth-order valence-electron chi connectivity index (χ4n) is 10.2. The van der Waals surface area contributed by atoms with Gasteiger partial charge in [0.1, 0.15) is 17.9 Å². The molecule has 45 heavy (non-hydrogen) atoms. The van der Waals surface area contributed by atoms with Gasteiger partial charge in [-0.2, -0.15) is 4.57 Å². The summed E-state index contributed by atoms with van der Waals surface area (Å²) in [6.45, 7) is 9.81. The molecule has 0 radical (unpaired) electrons. The molecule has 0 bridgehead atoms. The number of hydrogen-bond acceptors (Lipinski definition) is 0. The van der Waals surface area contributed by atoms with Crippen LogP contribution in [0.3, 0.4) is 0 Å². The SMILES string of the molecule is CCC1(C)c2ccccc2-c2n(-c3c(C4CCCCC4)cc(C4CCCCC4)c4c5ccccc5n(C)c34)cc[n+]2C1(C)CC. The third kappa shape index (κ3) is 4.04. The second kappa shape index (κ2) is 10.9. The van der Waals surface area contributed by atoms with E-state index in [2.05, 4.69) is 115 Å². The highest BCUT2D eigenvalue weighted by Crippen LogP contribution is 2.52. The van der Waals surface area contributed by atoms with Crippen molar-refractivity contribution in [1.82, 2.24) is 9.13 Å². The molecule has 234 valence electrons. The lowest BCUT2D eigenvalue weighted by atomic mass is 9.61. The molecule has 3 heteroatoms. The molecule has 2 fully saturated rings. The maximum atomic E-state index is 2.75. The number of aromatic nitrogens is 3. The highest BCUT2D eigenvalue weighted by atomic mass is 15.2. The number of benzene rings is 3. The molecule has 3 nitrogen and oxygen atoms in total. The Balaban J connectivity index is 1.51. The molecule has 0 N–H and O–H groups in total. The van der Waals surface area contributed by atoms with Crippen molar-refractivity contribution < 1.29 is 4.57 Å². The van der Waals surface area contributed by atoms with E-state index in [0.29, 0.717) is 11.8 Å². The fraction of sp³-hybridized carbons (Fsp3) is 0.500. The molecule has 2 atom stereocenters. The molecule has 1 aliphatic heterocycles. The zero-order valence-electron chi connectivity index (χ0n) is 28.3. The first-order valence-electron chi connectivity index (χ1n) is 18.2. The highest BCUT2D eigenvalue weighted by molar-refractivity contribution is 6.13. The largest absolute Gasteiger partial charge is 0.340 e. The van der Waals surface area contributed by atoms with E-state index in [-0.39, 0.29) is 11.0 Å². The summed E-state index contributed by atoms with van der Waals surface area (Å²) in [5.41, 5.74) is 10.4. The van der Waals surface area contributed by atoms with Crippen LogP contribution in [0.4, 0.5) is 0 Å². The van der Waals surface area contributed by atoms with Crippen molar-refractivity contribution in [3.63, 3.8) is 0 Å². The average Bonchev–Trinajstić information content (AvgIpc) is 3.67. The standard InChI is InChI=1S/C42H52N3/c1-6-41(3)35-24-16-14-22-31(35)40-44(26-27-45(40)42(41,4)7-2)38-34(30-20-12-9-13-21-30)28-33(29-18-10-8-11-19-29)37-32-23-15-17-25-36(32)43(5)39(37)38/h14-17,22-30H,6-13,18-21H2,1-5H3/q+1. The van der Waals surface area contributed by atoms with Gasteiger partial charge in [0.15, 0.2) is 5.69 Å². The molecule has 2 unspecified atom stereocenters. The van der Waals surface area contributed by atoms with E-state index in [1.807, 2.05) is 0 Å². The number of aryl methyl sites for hydroxylation is 1. The summed E-state index contributed by atoms with van der Waals surface area (Å²) in [7, 11) is 2.34. The van der Waals surface area contributed by atoms with Crippen LogP contribution in [0.15, 0.2) is 67.0 Å². The zero-order valence-corrected chi connectivity index (χ0v) is 28.3. The molecule has 0 amide bonds. The Morgan fingerprint density at radius 3 is 2.11 bits per heavy atom. The zero-order chi connectivity index (χ0) is 30.9. The van der Waals surface area contributed by atoms with Gasteiger partial charge < -0.3 is 4.57 Å². The van der Waals surface area contributed by atoms with Gasteiger partial charge in [0.05, 0.1) is 11.1 Å². The summed E-state index contributed by atoms with van der Waals surface area (Å²) in [6, 6.07) is 21.3. The van der Waals surface area contributed by atoms with Crippen LogP contribution in [-0.2, 0) is 18.0 Å². The maximum Gasteiger partial charge on any atom is 0.294 e. The number of imidazole rings is 1. The molecule has 0 spiro atoms. The van der Waals surface area contributed by atoms with E-state index >= 15 is 0 Å². The Bertz CT molecular complexity index is 1890. The minimum atomic E-state index is -0.0260. The van der Waals surface area contributed by atoms with Crippen molar-refractivity contribution in [2.75, 3.05) is 0 Å². The van der Waals surface area contributed by atoms with Gasteiger partial charge in [-0.15, -0.1) is 0 Å². The predicted octanol–water partition coefficient (Wildman–Crippen LogP) is 11.0. The van der Waals surface area contributed by atoms with Crippen LogP contribution in [-0.4, -0.2) is 9.13 Å². The first kappa shape index (κ1) is 29.1. The molecule has 8 rings (SSSR count). The lowest BCUT2D eigenvalue weighted by molar-refractivity contribution is -0.764. The smallest absolute Gasteiger partial charge is 0.294 e. The van der Waals surface area contributed by atoms with Gasteiger partial charge in [-0.25, -0.2) is 4.57 Å². The number of fused-ring (bicyclic) bond motifs is 6. The molecular weight excluding hydrogens is 546 g/mol. The third-order valence-electron chi connectivity index (χ3n) is 13.2.